The first kappa shape index (κ1) is 12.0. The van der Waals surface area contributed by atoms with E-state index in [-0.39, 0.29) is 0 Å². The molecule has 2 aromatic rings. The first-order chi connectivity index (χ1) is 8.88. The summed E-state index contributed by atoms with van der Waals surface area (Å²) in [6.07, 6.45) is 1.83. The Morgan fingerprint density at radius 3 is 2.17 bits per heavy atom. The molecule has 0 fully saturated rings. The van der Waals surface area contributed by atoms with Gasteiger partial charge in [-0.15, -0.1) is 0 Å². The molecule has 0 N–H and O–H groups in total. The van der Waals surface area contributed by atoms with Gasteiger partial charge in [-0.1, -0.05) is 42.2 Å². The van der Waals surface area contributed by atoms with E-state index in [1.807, 2.05) is 30.3 Å². The maximum Gasteiger partial charge on any atom is 0.0991 e. The zero-order chi connectivity index (χ0) is 12.6. The zero-order valence-electron chi connectivity index (χ0n) is 10.1. The molecule has 0 aromatic heterocycles. The fourth-order valence-electron chi connectivity index (χ4n) is 1.64. The predicted octanol–water partition coefficient (Wildman–Crippen LogP) is 3.54. The Labute approximate surface area is 108 Å². The van der Waals surface area contributed by atoms with Crippen molar-refractivity contribution in [1.29, 1.82) is 5.26 Å². The van der Waals surface area contributed by atoms with E-state index in [4.69, 9.17) is 5.26 Å². The summed E-state index contributed by atoms with van der Waals surface area (Å²) in [6.45, 7) is 0. The second-order valence-corrected chi connectivity index (χ2v) is 3.98. The van der Waals surface area contributed by atoms with Crippen LogP contribution in [0, 0.1) is 23.2 Å². The second kappa shape index (κ2) is 6.28. The Morgan fingerprint density at radius 1 is 0.833 bits per heavy atom. The van der Waals surface area contributed by atoms with E-state index in [1.165, 1.54) is 5.56 Å². The minimum absolute atomic E-state index is 0.671. The molecule has 2 rings (SSSR count). The molecule has 0 amide bonds. The van der Waals surface area contributed by atoms with Crippen molar-refractivity contribution in [3.8, 4) is 17.9 Å². The van der Waals surface area contributed by atoms with Gasteiger partial charge in [0.15, 0.2) is 0 Å². The monoisotopic (exact) mass is 231 g/mol. The lowest BCUT2D eigenvalue weighted by Crippen LogP contribution is -1.82. The Morgan fingerprint density at radius 2 is 1.50 bits per heavy atom. The van der Waals surface area contributed by atoms with Crippen LogP contribution >= 0.6 is 0 Å². The van der Waals surface area contributed by atoms with Crippen LogP contribution in [0.3, 0.4) is 0 Å². The lowest BCUT2D eigenvalue weighted by Gasteiger charge is -1.94. The van der Waals surface area contributed by atoms with E-state index >= 15 is 0 Å². The van der Waals surface area contributed by atoms with Crippen LogP contribution in [-0.2, 0) is 6.42 Å². The minimum atomic E-state index is 0.671. The molecule has 2 aromatic carbocycles. The first-order valence-corrected chi connectivity index (χ1v) is 5.91. The largest absolute Gasteiger partial charge is 0.192 e. The molecule has 0 aliphatic carbocycles. The molecule has 0 aliphatic rings. The summed E-state index contributed by atoms with van der Waals surface area (Å²) in [6, 6.07) is 19.8. The molecule has 0 aliphatic heterocycles. The summed E-state index contributed by atoms with van der Waals surface area (Å²) in [7, 11) is 0. The molecule has 1 nitrogen and oxygen atoms in total. The van der Waals surface area contributed by atoms with Crippen molar-refractivity contribution in [3.05, 3.63) is 71.3 Å². The highest BCUT2D eigenvalue weighted by molar-refractivity contribution is 5.39. The van der Waals surface area contributed by atoms with Crippen molar-refractivity contribution < 1.29 is 0 Å². The Hall–Kier alpha value is -2.51. The number of nitriles is 1. The number of rotatable bonds is 2. The van der Waals surface area contributed by atoms with E-state index < -0.39 is 0 Å². The van der Waals surface area contributed by atoms with Crippen molar-refractivity contribution in [3.63, 3.8) is 0 Å². The van der Waals surface area contributed by atoms with Crippen LogP contribution in [-0.4, -0.2) is 0 Å². The van der Waals surface area contributed by atoms with Crippen LogP contribution in [0.4, 0.5) is 0 Å². The number of nitrogens with zero attached hydrogens (tertiary/aromatic N) is 1. The van der Waals surface area contributed by atoms with Crippen molar-refractivity contribution >= 4 is 0 Å². The standard InChI is InChI=1S/C17H13N/c18-14-17-12-10-16(11-13-17)9-5-4-8-15-6-2-1-3-7-15/h1-3,6-7,10-13H,4,8H2. The van der Waals surface area contributed by atoms with Gasteiger partial charge in [0, 0.05) is 12.0 Å². The molecule has 0 saturated carbocycles. The summed E-state index contributed by atoms with van der Waals surface area (Å²) in [5, 5.41) is 8.68. The molecule has 86 valence electrons. The van der Waals surface area contributed by atoms with Gasteiger partial charge in [0.05, 0.1) is 11.6 Å². The first-order valence-electron chi connectivity index (χ1n) is 5.91. The Kier molecular flexibility index (Phi) is 4.17. The predicted molar refractivity (Wildman–Crippen MR) is 72.8 cm³/mol. The average Bonchev–Trinajstić information content (AvgIpc) is 2.45. The fourth-order valence-corrected chi connectivity index (χ4v) is 1.64. The number of hydrogen-bond donors (Lipinski definition) is 0. The minimum Gasteiger partial charge on any atom is -0.192 e. The lowest BCUT2D eigenvalue weighted by molar-refractivity contribution is 1.03. The molecular weight excluding hydrogens is 218 g/mol. The normalized spacial score (nSPS) is 9.06. The van der Waals surface area contributed by atoms with E-state index in [9.17, 15) is 0 Å². The molecule has 1 heteroatoms. The van der Waals surface area contributed by atoms with Crippen LogP contribution in [0.15, 0.2) is 54.6 Å². The van der Waals surface area contributed by atoms with Gasteiger partial charge < -0.3 is 0 Å². The molecule has 0 unspecified atom stereocenters. The van der Waals surface area contributed by atoms with Gasteiger partial charge in [0.1, 0.15) is 0 Å². The quantitative estimate of drug-likeness (QED) is 0.725. The van der Waals surface area contributed by atoms with Crippen molar-refractivity contribution in [2.24, 2.45) is 0 Å². The summed E-state index contributed by atoms with van der Waals surface area (Å²) in [4.78, 5) is 0. The molecule has 18 heavy (non-hydrogen) atoms. The third-order valence-electron chi connectivity index (χ3n) is 2.63. The average molecular weight is 231 g/mol. The highest BCUT2D eigenvalue weighted by atomic mass is 14.2. The van der Waals surface area contributed by atoms with Crippen LogP contribution in [0.25, 0.3) is 0 Å². The highest BCUT2D eigenvalue weighted by Crippen LogP contribution is 2.03. The number of benzene rings is 2. The zero-order valence-corrected chi connectivity index (χ0v) is 10.1. The molecule has 0 radical (unpaired) electrons. The summed E-state index contributed by atoms with van der Waals surface area (Å²) in [5.74, 6) is 6.26. The van der Waals surface area contributed by atoms with Crippen molar-refractivity contribution in [2.45, 2.75) is 12.8 Å². The molecular formula is C17H13N. The second-order valence-electron chi connectivity index (χ2n) is 3.98. The van der Waals surface area contributed by atoms with Gasteiger partial charge in [-0.3, -0.25) is 0 Å². The highest BCUT2D eigenvalue weighted by Gasteiger charge is 1.90. The van der Waals surface area contributed by atoms with Crippen LogP contribution in [0.1, 0.15) is 23.1 Å². The molecule has 0 saturated heterocycles. The number of hydrogen-bond acceptors (Lipinski definition) is 1. The maximum absolute atomic E-state index is 8.68. The van der Waals surface area contributed by atoms with E-state index in [2.05, 4.69) is 30.0 Å². The van der Waals surface area contributed by atoms with E-state index in [0.29, 0.717) is 5.56 Å². The lowest BCUT2D eigenvalue weighted by atomic mass is 10.1. The maximum atomic E-state index is 8.68. The molecule has 0 atom stereocenters. The molecule has 0 spiro atoms. The Balaban J connectivity index is 1.90. The van der Waals surface area contributed by atoms with Gasteiger partial charge >= 0.3 is 0 Å². The van der Waals surface area contributed by atoms with Gasteiger partial charge in [-0.2, -0.15) is 5.26 Å². The van der Waals surface area contributed by atoms with E-state index in [1.54, 1.807) is 12.1 Å². The summed E-state index contributed by atoms with van der Waals surface area (Å²) in [5.41, 5.74) is 2.94. The summed E-state index contributed by atoms with van der Waals surface area (Å²) >= 11 is 0. The third kappa shape index (κ3) is 3.51. The Bertz CT molecular complexity index is 592. The smallest absolute Gasteiger partial charge is 0.0991 e. The van der Waals surface area contributed by atoms with Crippen molar-refractivity contribution in [1.82, 2.24) is 0 Å². The molecule has 0 bridgehead atoms. The molecule has 0 heterocycles. The van der Waals surface area contributed by atoms with Crippen LogP contribution < -0.4 is 0 Å². The van der Waals surface area contributed by atoms with Gasteiger partial charge in [-0.25, -0.2) is 0 Å². The fraction of sp³-hybridized carbons (Fsp3) is 0.118. The van der Waals surface area contributed by atoms with Crippen LogP contribution in [0.5, 0.6) is 0 Å². The SMILES string of the molecule is N#Cc1ccc(C#CCCc2ccccc2)cc1. The van der Waals surface area contributed by atoms with Crippen molar-refractivity contribution in [2.75, 3.05) is 0 Å². The number of aryl methyl sites for hydroxylation is 1. The van der Waals surface area contributed by atoms with E-state index in [0.717, 1.165) is 18.4 Å². The van der Waals surface area contributed by atoms with Gasteiger partial charge in [0.25, 0.3) is 0 Å². The third-order valence-corrected chi connectivity index (χ3v) is 2.63. The topological polar surface area (TPSA) is 23.8 Å². The van der Waals surface area contributed by atoms with Crippen LogP contribution in [0.2, 0.25) is 0 Å². The van der Waals surface area contributed by atoms with Gasteiger partial charge in [0.2, 0.25) is 0 Å². The van der Waals surface area contributed by atoms with Gasteiger partial charge in [-0.05, 0) is 36.2 Å². The summed E-state index contributed by atoms with van der Waals surface area (Å²) < 4.78 is 0.